The highest BCUT2D eigenvalue weighted by molar-refractivity contribution is 6.13. The van der Waals surface area contributed by atoms with Crippen molar-refractivity contribution in [1.29, 1.82) is 0 Å². The van der Waals surface area contributed by atoms with Gasteiger partial charge in [0.1, 0.15) is 0 Å². The van der Waals surface area contributed by atoms with Crippen LogP contribution in [-0.2, 0) is 0 Å². The molecule has 10 aromatic carbocycles. The summed E-state index contributed by atoms with van der Waals surface area (Å²) in [5.74, 6) is 0. The summed E-state index contributed by atoms with van der Waals surface area (Å²) in [5.41, 5.74) is 17.5. The number of para-hydroxylation sites is 7. The summed E-state index contributed by atoms with van der Waals surface area (Å²) in [6, 6.07) is 87.7. The highest BCUT2D eigenvalue weighted by Gasteiger charge is 2.17. The topological polar surface area (TPSA) is 86.2 Å². The monoisotopic (exact) mass is 1000 g/mol. The van der Waals surface area contributed by atoms with Crippen LogP contribution >= 0.6 is 0 Å². The van der Waals surface area contributed by atoms with E-state index in [1.54, 1.807) is 0 Å². The molecule has 78 heavy (non-hydrogen) atoms. The van der Waals surface area contributed by atoms with Gasteiger partial charge in [0.05, 0.1) is 22.1 Å². The normalized spacial score (nSPS) is 11.6. The molecule has 3 N–H and O–H groups in total. The molecular weight excluding hydrogens is 953 g/mol. The number of hydrogen-bond donors (Lipinski definition) is 3. The number of rotatable bonds is 5. The van der Waals surface area contributed by atoms with Gasteiger partial charge < -0.3 is 29.0 Å². The minimum atomic E-state index is 1.11. The van der Waals surface area contributed by atoms with E-state index in [0.29, 0.717) is 0 Å². The second kappa shape index (κ2) is 18.6. The SMILES string of the molecule is c1ccc(N(c2ccccc2)c2ccc3[nH]c4ccncc4c3c2)cc1.c1ccc2c(c1)[nH]c1ccc(-n3c4ccccc4c4ccccc43)cc12.c1ccc2c(c1)c1ccccc1n2-c1ccc2[nH]c3ccncc3c2c1. The van der Waals surface area contributed by atoms with Gasteiger partial charge in [-0.2, -0.15) is 0 Å². The Labute approximate surface area is 447 Å². The third-order valence-electron chi connectivity index (χ3n) is 15.2. The fourth-order valence-electron chi connectivity index (χ4n) is 11.7. The molecule has 17 rings (SSSR count). The highest BCUT2D eigenvalue weighted by Crippen LogP contribution is 2.39. The Balaban J connectivity index is 0.000000102. The van der Waals surface area contributed by atoms with E-state index in [4.69, 9.17) is 0 Å². The van der Waals surface area contributed by atoms with Gasteiger partial charge in [-0.1, -0.05) is 127 Å². The number of nitrogens with zero attached hydrogens (tertiary/aromatic N) is 5. The first-order valence-electron chi connectivity index (χ1n) is 26.3. The summed E-state index contributed by atoms with van der Waals surface area (Å²) in [6.45, 7) is 0. The van der Waals surface area contributed by atoms with Gasteiger partial charge in [0.15, 0.2) is 0 Å². The van der Waals surface area contributed by atoms with Crippen LogP contribution in [0.4, 0.5) is 17.1 Å². The third kappa shape index (κ3) is 7.53. The van der Waals surface area contributed by atoms with Crippen LogP contribution in [0.2, 0.25) is 0 Å². The molecule has 0 spiro atoms. The Bertz CT molecular complexity index is 4690. The molecule has 0 bridgehead atoms. The quantitative estimate of drug-likeness (QED) is 0.161. The van der Waals surface area contributed by atoms with Crippen LogP contribution in [0.5, 0.6) is 0 Å². The second-order valence-electron chi connectivity index (χ2n) is 19.7. The van der Waals surface area contributed by atoms with E-state index in [2.05, 4.69) is 263 Å². The van der Waals surface area contributed by atoms with Gasteiger partial charge in [-0.3, -0.25) is 9.97 Å². The van der Waals surface area contributed by atoms with E-state index in [9.17, 15) is 0 Å². The van der Waals surface area contributed by atoms with Crippen molar-refractivity contribution in [3.05, 3.63) is 274 Å². The maximum atomic E-state index is 4.30. The minimum absolute atomic E-state index is 1.11. The van der Waals surface area contributed by atoms with Crippen molar-refractivity contribution in [1.82, 2.24) is 34.1 Å². The molecule has 0 saturated carbocycles. The lowest BCUT2D eigenvalue weighted by atomic mass is 10.1. The summed E-state index contributed by atoms with van der Waals surface area (Å²) >= 11 is 0. The van der Waals surface area contributed by atoms with Gasteiger partial charge >= 0.3 is 0 Å². The summed E-state index contributed by atoms with van der Waals surface area (Å²) < 4.78 is 4.71. The van der Waals surface area contributed by atoms with Crippen LogP contribution in [0.25, 0.3) is 120 Å². The van der Waals surface area contributed by atoms with Gasteiger partial charge in [-0.05, 0) is 121 Å². The standard InChI is InChI=1S/C24H16N2.C23H15N3.C23H17N3/c1-4-10-21-17(7-1)20-15-16(13-14-22(20)25-21)26-23-11-5-2-8-18(23)19-9-3-6-12-24(19)26;1-3-7-22-16(5-1)17-6-2-4-8-23(17)26(22)15-9-10-20-18(13-15)19-14-24-12-11-21(19)25-20;1-3-7-17(8-4-1)26(18-9-5-2-6-10-18)19-11-12-22-20(15-19)21-16-24-14-13-23(21)25-22/h1-15,25H;1-14,25H;1-16,25H. The van der Waals surface area contributed by atoms with Crippen molar-refractivity contribution in [3.8, 4) is 11.4 Å². The first-order valence-corrected chi connectivity index (χ1v) is 26.3. The molecule has 0 aliphatic rings. The maximum absolute atomic E-state index is 4.30. The Morgan fingerprint density at radius 2 is 0.603 bits per heavy atom. The molecule has 7 aromatic heterocycles. The van der Waals surface area contributed by atoms with Crippen molar-refractivity contribution < 1.29 is 0 Å². The second-order valence-corrected chi connectivity index (χ2v) is 19.7. The number of hydrogen-bond acceptors (Lipinski definition) is 3. The van der Waals surface area contributed by atoms with Gasteiger partial charge in [0.25, 0.3) is 0 Å². The van der Waals surface area contributed by atoms with Crippen molar-refractivity contribution in [3.63, 3.8) is 0 Å². The lowest BCUT2D eigenvalue weighted by Gasteiger charge is -2.25. The van der Waals surface area contributed by atoms with Crippen molar-refractivity contribution in [2.45, 2.75) is 0 Å². The minimum Gasteiger partial charge on any atom is -0.355 e. The van der Waals surface area contributed by atoms with Crippen molar-refractivity contribution in [2.24, 2.45) is 0 Å². The molecule has 0 aliphatic carbocycles. The number of pyridine rings is 2. The van der Waals surface area contributed by atoms with E-state index in [1.165, 1.54) is 87.6 Å². The van der Waals surface area contributed by atoms with Gasteiger partial charge in [-0.25, -0.2) is 0 Å². The Morgan fingerprint density at radius 3 is 1.06 bits per heavy atom. The average Bonchev–Trinajstić information content (AvgIpc) is 4.40. The summed E-state index contributed by atoms with van der Waals surface area (Å²) in [4.78, 5) is 21.3. The molecule has 0 radical (unpaired) electrons. The molecule has 0 unspecified atom stereocenters. The average molecular weight is 1000 g/mol. The molecule has 8 heteroatoms. The number of anilines is 3. The summed E-state index contributed by atoms with van der Waals surface area (Å²) in [7, 11) is 0. The number of nitrogens with one attached hydrogen (secondary N) is 3. The number of fused-ring (bicyclic) bond motifs is 15. The van der Waals surface area contributed by atoms with E-state index in [1.807, 2.05) is 49.1 Å². The van der Waals surface area contributed by atoms with Crippen LogP contribution in [-0.4, -0.2) is 34.1 Å². The Hall–Kier alpha value is -10.7. The summed E-state index contributed by atoms with van der Waals surface area (Å²) in [5, 5.41) is 12.4. The van der Waals surface area contributed by atoms with Crippen LogP contribution in [0, 0.1) is 0 Å². The zero-order valence-electron chi connectivity index (χ0n) is 42.2. The van der Waals surface area contributed by atoms with Crippen molar-refractivity contribution in [2.75, 3.05) is 4.90 Å². The van der Waals surface area contributed by atoms with E-state index in [0.717, 1.165) is 49.9 Å². The number of H-pyrrole nitrogens is 3. The molecule has 0 amide bonds. The Morgan fingerprint density at radius 1 is 0.256 bits per heavy atom. The molecule has 0 atom stereocenters. The van der Waals surface area contributed by atoms with Gasteiger partial charge in [0, 0.05) is 140 Å². The molecule has 368 valence electrons. The zero-order valence-corrected chi connectivity index (χ0v) is 42.2. The van der Waals surface area contributed by atoms with E-state index < -0.39 is 0 Å². The first kappa shape index (κ1) is 44.8. The fourth-order valence-corrected chi connectivity index (χ4v) is 11.7. The lowest BCUT2D eigenvalue weighted by Crippen LogP contribution is -2.09. The molecule has 0 saturated heterocycles. The smallest absolute Gasteiger partial charge is 0.0541 e. The predicted molar refractivity (Wildman–Crippen MR) is 326 cm³/mol. The largest absolute Gasteiger partial charge is 0.355 e. The predicted octanol–water partition coefficient (Wildman–Crippen LogP) is 18.4. The fraction of sp³-hybridized carbons (Fsp3) is 0. The molecule has 0 fully saturated rings. The molecule has 17 aromatic rings. The highest BCUT2D eigenvalue weighted by atomic mass is 15.1. The van der Waals surface area contributed by atoms with Crippen LogP contribution in [0.1, 0.15) is 0 Å². The van der Waals surface area contributed by atoms with E-state index in [-0.39, 0.29) is 0 Å². The van der Waals surface area contributed by atoms with Gasteiger partial charge in [-0.15, -0.1) is 0 Å². The first-order chi connectivity index (χ1) is 38.7. The number of benzene rings is 10. The Kier molecular flexibility index (Phi) is 10.7. The maximum Gasteiger partial charge on any atom is 0.0541 e. The molecule has 0 aliphatic heterocycles. The lowest BCUT2D eigenvalue weighted by molar-refractivity contribution is 1.19. The molecule has 7 heterocycles. The molecule has 8 nitrogen and oxygen atoms in total. The van der Waals surface area contributed by atoms with Crippen molar-refractivity contribution >= 4 is 126 Å². The summed E-state index contributed by atoms with van der Waals surface area (Å²) in [6.07, 6.45) is 7.50. The van der Waals surface area contributed by atoms with Crippen LogP contribution in [0.15, 0.2) is 274 Å². The zero-order chi connectivity index (χ0) is 51.5. The molecular formula is C70H48N8. The van der Waals surface area contributed by atoms with Crippen LogP contribution in [0.3, 0.4) is 0 Å². The third-order valence-corrected chi connectivity index (χ3v) is 15.2. The van der Waals surface area contributed by atoms with E-state index >= 15 is 0 Å². The number of aromatic nitrogens is 7. The number of aromatic amines is 3. The van der Waals surface area contributed by atoms with Crippen LogP contribution < -0.4 is 4.90 Å². The van der Waals surface area contributed by atoms with Gasteiger partial charge in [0.2, 0.25) is 0 Å².